The van der Waals surface area contributed by atoms with Crippen molar-refractivity contribution in [1.82, 2.24) is 9.97 Å². The number of hydrogen-bond donors (Lipinski definition) is 2. The number of nitrogen functional groups attached to an aromatic ring is 1. The molecule has 3 aromatic carbocycles. The van der Waals surface area contributed by atoms with Gasteiger partial charge in [-0.15, -0.1) is 13.2 Å². The van der Waals surface area contributed by atoms with Gasteiger partial charge in [0.05, 0.1) is 0 Å². The largest absolute Gasteiger partial charge is 0.573 e. The SMILES string of the molecule is Nc1c(Nc2ccc(OC(F)(F)F)cc2)ncnc1Oc1ccc2ccccc2c1. The number of fused-ring (bicyclic) bond motifs is 1. The van der Waals surface area contributed by atoms with Crippen molar-refractivity contribution in [3.63, 3.8) is 0 Å². The maximum atomic E-state index is 12.3. The Morgan fingerprint density at radius 2 is 1.53 bits per heavy atom. The number of hydrogen-bond acceptors (Lipinski definition) is 6. The predicted octanol–water partition coefficient (Wildman–Crippen LogP) is 5.65. The van der Waals surface area contributed by atoms with Crippen LogP contribution in [-0.2, 0) is 0 Å². The zero-order chi connectivity index (χ0) is 21.1. The molecule has 0 spiro atoms. The summed E-state index contributed by atoms with van der Waals surface area (Å²) in [5.74, 6) is 0.632. The number of halogens is 3. The fraction of sp³-hybridized carbons (Fsp3) is 0.0476. The highest BCUT2D eigenvalue weighted by molar-refractivity contribution is 5.84. The average Bonchev–Trinajstić information content (AvgIpc) is 2.71. The van der Waals surface area contributed by atoms with E-state index < -0.39 is 6.36 Å². The van der Waals surface area contributed by atoms with Gasteiger partial charge in [-0.3, -0.25) is 0 Å². The minimum absolute atomic E-state index is 0.153. The Morgan fingerprint density at radius 1 is 0.833 bits per heavy atom. The minimum Gasteiger partial charge on any atom is -0.437 e. The Bertz CT molecular complexity index is 1180. The lowest BCUT2D eigenvalue weighted by Crippen LogP contribution is -2.17. The third-order valence-corrected chi connectivity index (χ3v) is 4.13. The maximum Gasteiger partial charge on any atom is 0.573 e. The number of nitrogens with one attached hydrogen (secondary N) is 1. The van der Waals surface area contributed by atoms with E-state index in [4.69, 9.17) is 10.5 Å². The van der Waals surface area contributed by atoms with E-state index in [2.05, 4.69) is 20.0 Å². The number of benzene rings is 3. The van der Waals surface area contributed by atoms with Crippen molar-refractivity contribution in [1.29, 1.82) is 0 Å². The topological polar surface area (TPSA) is 82.3 Å². The summed E-state index contributed by atoms with van der Waals surface area (Å²) in [6, 6.07) is 18.6. The predicted molar refractivity (Wildman–Crippen MR) is 107 cm³/mol. The van der Waals surface area contributed by atoms with Gasteiger partial charge in [0, 0.05) is 5.69 Å². The molecule has 1 aromatic heterocycles. The normalized spacial score (nSPS) is 11.3. The molecular weight excluding hydrogens is 397 g/mol. The van der Waals surface area contributed by atoms with Gasteiger partial charge in [-0.2, -0.15) is 4.98 Å². The maximum absolute atomic E-state index is 12.3. The monoisotopic (exact) mass is 412 g/mol. The van der Waals surface area contributed by atoms with E-state index >= 15 is 0 Å². The molecule has 0 aliphatic carbocycles. The highest BCUT2D eigenvalue weighted by Gasteiger charge is 2.30. The molecule has 1 heterocycles. The lowest BCUT2D eigenvalue weighted by atomic mass is 10.1. The van der Waals surface area contributed by atoms with Crippen LogP contribution in [0.1, 0.15) is 0 Å². The molecule has 0 unspecified atom stereocenters. The van der Waals surface area contributed by atoms with Gasteiger partial charge in [0.1, 0.15) is 23.5 Å². The van der Waals surface area contributed by atoms with Gasteiger partial charge in [-0.25, -0.2) is 4.98 Å². The summed E-state index contributed by atoms with van der Waals surface area (Å²) in [6.45, 7) is 0. The number of alkyl halides is 3. The van der Waals surface area contributed by atoms with Crippen LogP contribution in [-0.4, -0.2) is 16.3 Å². The van der Waals surface area contributed by atoms with Crippen molar-refractivity contribution in [2.24, 2.45) is 0 Å². The summed E-state index contributed by atoms with van der Waals surface area (Å²) in [4.78, 5) is 8.14. The quantitative estimate of drug-likeness (QED) is 0.441. The van der Waals surface area contributed by atoms with E-state index in [-0.39, 0.29) is 23.1 Å². The van der Waals surface area contributed by atoms with Gasteiger partial charge in [0.2, 0.25) is 5.88 Å². The molecule has 0 amide bonds. The Hall–Kier alpha value is -4.01. The molecule has 0 bridgehead atoms. The number of anilines is 3. The summed E-state index contributed by atoms with van der Waals surface area (Å²) in [6.07, 6.45) is -3.47. The third kappa shape index (κ3) is 4.52. The Balaban J connectivity index is 1.52. The van der Waals surface area contributed by atoms with Gasteiger partial charge in [-0.05, 0) is 47.2 Å². The van der Waals surface area contributed by atoms with Gasteiger partial charge >= 0.3 is 6.36 Å². The second-order valence-corrected chi connectivity index (χ2v) is 6.25. The molecule has 0 aliphatic rings. The first-order chi connectivity index (χ1) is 14.4. The second kappa shape index (κ2) is 7.78. The van der Waals surface area contributed by atoms with Crippen LogP contribution in [0.5, 0.6) is 17.4 Å². The van der Waals surface area contributed by atoms with Crippen molar-refractivity contribution >= 4 is 28.0 Å². The van der Waals surface area contributed by atoms with E-state index in [9.17, 15) is 13.2 Å². The zero-order valence-electron chi connectivity index (χ0n) is 15.4. The van der Waals surface area contributed by atoms with Gasteiger partial charge in [0.25, 0.3) is 0 Å². The Morgan fingerprint density at radius 3 is 2.27 bits per heavy atom. The van der Waals surface area contributed by atoms with Crippen LogP contribution >= 0.6 is 0 Å². The highest BCUT2D eigenvalue weighted by atomic mass is 19.4. The van der Waals surface area contributed by atoms with Crippen molar-refractivity contribution in [3.05, 3.63) is 73.1 Å². The van der Waals surface area contributed by atoms with Gasteiger partial charge < -0.3 is 20.5 Å². The molecule has 0 saturated carbocycles. The molecule has 0 aliphatic heterocycles. The first-order valence-corrected chi connectivity index (χ1v) is 8.77. The van der Waals surface area contributed by atoms with Crippen molar-refractivity contribution in [2.75, 3.05) is 11.1 Å². The van der Waals surface area contributed by atoms with Crippen LogP contribution in [0.3, 0.4) is 0 Å². The molecule has 0 saturated heterocycles. The van der Waals surface area contributed by atoms with Crippen molar-refractivity contribution < 1.29 is 22.6 Å². The molecule has 0 radical (unpaired) electrons. The molecule has 152 valence electrons. The third-order valence-electron chi connectivity index (χ3n) is 4.13. The summed E-state index contributed by atoms with van der Waals surface area (Å²) in [5, 5.41) is 5.00. The standard InChI is InChI=1S/C21H15F3N4O2/c22-21(23,24)30-16-9-6-15(7-10-16)28-19-18(25)20(27-12-26-19)29-17-8-5-13-3-1-2-4-14(13)11-17/h1-12H,25H2,(H,26,27,28). The summed E-state index contributed by atoms with van der Waals surface area (Å²) in [7, 11) is 0. The molecule has 30 heavy (non-hydrogen) atoms. The average molecular weight is 412 g/mol. The molecule has 6 nitrogen and oxygen atoms in total. The first kappa shape index (κ1) is 19.3. The van der Waals surface area contributed by atoms with Crippen molar-refractivity contribution in [3.8, 4) is 17.4 Å². The van der Waals surface area contributed by atoms with Gasteiger partial charge in [0.15, 0.2) is 5.82 Å². The smallest absolute Gasteiger partial charge is 0.437 e. The minimum atomic E-state index is -4.75. The van der Waals surface area contributed by atoms with E-state index in [1.165, 1.54) is 30.6 Å². The number of nitrogens with zero attached hydrogens (tertiary/aromatic N) is 2. The van der Waals surface area contributed by atoms with E-state index in [0.29, 0.717) is 11.4 Å². The van der Waals surface area contributed by atoms with Crippen LogP contribution in [0, 0.1) is 0 Å². The summed E-state index contributed by atoms with van der Waals surface area (Å²) >= 11 is 0. The Labute approximate surface area is 169 Å². The Kier molecular flexibility index (Phi) is 5.01. The van der Waals surface area contributed by atoms with E-state index in [1.807, 2.05) is 36.4 Å². The second-order valence-electron chi connectivity index (χ2n) is 6.25. The lowest BCUT2D eigenvalue weighted by molar-refractivity contribution is -0.274. The summed E-state index contributed by atoms with van der Waals surface area (Å²) in [5.41, 5.74) is 6.74. The van der Waals surface area contributed by atoms with Gasteiger partial charge in [-0.1, -0.05) is 30.3 Å². The molecular formula is C21H15F3N4O2. The fourth-order valence-corrected chi connectivity index (χ4v) is 2.78. The molecule has 4 rings (SSSR count). The number of aromatic nitrogens is 2. The molecule has 3 N–H and O–H groups in total. The van der Waals surface area contributed by atoms with Crippen LogP contribution < -0.4 is 20.5 Å². The van der Waals surface area contributed by atoms with E-state index in [1.54, 1.807) is 6.07 Å². The molecule has 4 aromatic rings. The molecule has 9 heteroatoms. The highest BCUT2D eigenvalue weighted by Crippen LogP contribution is 2.32. The fourth-order valence-electron chi connectivity index (χ4n) is 2.78. The number of ether oxygens (including phenoxy) is 2. The molecule has 0 atom stereocenters. The van der Waals surface area contributed by atoms with Crippen LogP contribution in [0.2, 0.25) is 0 Å². The summed E-state index contributed by atoms with van der Waals surface area (Å²) < 4.78 is 46.5. The first-order valence-electron chi connectivity index (χ1n) is 8.77. The molecule has 0 fully saturated rings. The van der Waals surface area contributed by atoms with Crippen LogP contribution in [0.25, 0.3) is 10.8 Å². The van der Waals surface area contributed by atoms with Crippen LogP contribution in [0.15, 0.2) is 73.1 Å². The van der Waals surface area contributed by atoms with E-state index in [0.717, 1.165) is 10.8 Å². The zero-order valence-corrected chi connectivity index (χ0v) is 15.4. The number of rotatable bonds is 5. The number of nitrogens with two attached hydrogens (primary N) is 1. The van der Waals surface area contributed by atoms with Crippen LogP contribution in [0.4, 0.5) is 30.4 Å². The van der Waals surface area contributed by atoms with Crippen molar-refractivity contribution in [2.45, 2.75) is 6.36 Å². The lowest BCUT2D eigenvalue weighted by Gasteiger charge is -2.13.